The number of aryl methyl sites for hydroxylation is 1. The van der Waals surface area contributed by atoms with E-state index in [1.54, 1.807) is 17.0 Å². The number of thiazole rings is 1. The summed E-state index contributed by atoms with van der Waals surface area (Å²) in [6, 6.07) is 22.2. The summed E-state index contributed by atoms with van der Waals surface area (Å²) in [5.74, 6) is 0.343. The lowest BCUT2D eigenvalue weighted by Gasteiger charge is -2.20. The Labute approximate surface area is 210 Å². The molecule has 1 heterocycles. The molecule has 0 unspecified atom stereocenters. The maximum atomic E-state index is 13.3. The third kappa shape index (κ3) is 6.07. The highest BCUT2D eigenvalue weighted by Gasteiger charge is 2.22. The highest BCUT2D eigenvalue weighted by molar-refractivity contribution is 7.91. The molecule has 35 heavy (non-hydrogen) atoms. The molecule has 3 aromatic carbocycles. The summed E-state index contributed by atoms with van der Waals surface area (Å²) in [5, 5.41) is 0.625. The first-order valence-electron chi connectivity index (χ1n) is 11.5. The molecule has 182 valence electrons. The predicted octanol–water partition coefficient (Wildman–Crippen LogP) is 5.65. The van der Waals surface area contributed by atoms with Gasteiger partial charge in [-0.2, -0.15) is 0 Å². The topological polar surface area (TPSA) is 76.6 Å². The van der Waals surface area contributed by atoms with Gasteiger partial charge < -0.3 is 4.74 Å². The Morgan fingerprint density at radius 3 is 2.43 bits per heavy atom. The van der Waals surface area contributed by atoms with Crippen molar-refractivity contribution in [3.05, 3.63) is 83.9 Å². The van der Waals surface area contributed by atoms with Crippen LogP contribution in [-0.2, 0) is 27.6 Å². The van der Waals surface area contributed by atoms with E-state index in [1.807, 2.05) is 36.4 Å². The first-order valence-corrected chi connectivity index (χ1v) is 14.0. The Morgan fingerprint density at radius 2 is 1.74 bits per heavy atom. The van der Waals surface area contributed by atoms with Gasteiger partial charge in [-0.15, -0.1) is 0 Å². The van der Waals surface area contributed by atoms with Gasteiger partial charge in [0.1, 0.15) is 5.75 Å². The van der Waals surface area contributed by atoms with Crippen molar-refractivity contribution >= 4 is 42.4 Å². The largest absolute Gasteiger partial charge is 0.497 e. The van der Waals surface area contributed by atoms with E-state index < -0.39 is 9.84 Å². The normalized spacial score (nSPS) is 11.5. The zero-order chi connectivity index (χ0) is 24.8. The average Bonchev–Trinajstić information content (AvgIpc) is 3.30. The second kappa shape index (κ2) is 11.0. The SMILES string of the molecule is CCc1ccc2nc(N(Cc3ccccc3)C(=O)CCCS(=O)(=O)c3ccc(OC)cc3)sc2c1. The molecule has 0 aliphatic heterocycles. The van der Waals surface area contributed by atoms with Crippen molar-refractivity contribution in [1.29, 1.82) is 0 Å². The maximum absolute atomic E-state index is 13.3. The highest BCUT2D eigenvalue weighted by Crippen LogP contribution is 2.31. The predicted molar refractivity (Wildman–Crippen MR) is 141 cm³/mol. The van der Waals surface area contributed by atoms with Gasteiger partial charge in [-0.05, 0) is 60.4 Å². The summed E-state index contributed by atoms with van der Waals surface area (Å²) in [6.45, 7) is 2.49. The van der Waals surface area contributed by atoms with Crippen LogP contribution in [0.5, 0.6) is 5.75 Å². The van der Waals surface area contributed by atoms with Crippen LogP contribution in [0.4, 0.5) is 5.13 Å². The Morgan fingerprint density at radius 1 is 1.00 bits per heavy atom. The van der Waals surface area contributed by atoms with E-state index in [0.717, 1.165) is 22.2 Å². The van der Waals surface area contributed by atoms with Crippen LogP contribution in [0.3, 0.4) is 0 Å². The summed E-state index contributed by atoms with van der Waals surface area (Å²) >= 11 is 1.49. The summed E-state index contributed by atoms with van der Waals surface area (Å²) in [5.41, 5.74) is 3.06. The van der Waals surface area contributed by atoms with Gasteiger partial charge in [0.05, 0.1) is 34.5 Å². The number of ether oxygens (including phenoxy) is 1. The highest BCUT2D eigenvalue weighted by atomic mass is 32.2. The average molecular weight is 509 g/mol. The molecule has 0 N–H and O–H groups in total. The van der Waals surface area contributed by atoms with E-state index in [0.29, 0.717) is 17.4 Å². The van der Waals surface area contributed by atoms with E-state index >= 15 is 0 Å². The van der Waals surface area contributed by atoms with E-state index in [-0.39, 0.29) is 29.4 Å². The maximum Gasteiger partial charge on any atom is 0.229 e. The van der Waals surface area contributed by atoms with Crippen molar-refractivity contribution < 1.29 is 17.9 Å². The van der Waals surface area contributed by atoms with Gasteiger partial charge in [0, 0.05) is 6.42 Å². The van der Waals surface area contributed by atoms with E-state index in [2.05, 4.69) is 19.1 Å². The Kier molecular flexibility index (Phi) is 7.83. The lowest BCUT2D eigenvalue weighted by molar-refractivity contribution is -0.118. The molecule has 1 aromatic heterocycles. The number of hydrogen-bond donors (Lipinski definition) is 0. The fourth-order valence-electron chi connectivity index (χ4n) is 3.77. The van der Waals surface area contributed by atoms with Crippen LogP contribution in [0.2, 0.25) is 0 Å². The van der Waals surface area contributed by atoms with Gasteiger partial charge >= 0.3 is 0 Å². The molecular formula is C27H28N2O4S2. The van der Waals surface area contributed by atoms with Gasteiger partial charge in [0.15, 0.2) is 15.0 Å². The number of aromatic nitrogens is 1. The smallest absolute Gasteiger partial charge is 0.229 e. The van der Waals surface area contributed by atoms with Crippen molar-refractivity contribution in [3.63, 3.8) is 0 Å². The molecule has 4 rings (SSSR count). The molecule has 0 saturated carbocycles. The van der Waals surface area contributed by atoms with Crippen molar-refractivity contribution in [1.82, 2.24) is 4.98 Å². The molecule has 8 heteroatoms. The van der Waals surface area contributed by atoms with Crippen molar-refractivity contribution in [2.24, 2.45) is 0 Å². The summed E-state index contributed by atoms with van der Waals surface area (Å²) < 4.78 is 31.6. The number of fused-ring (bicyclic) bond motifs is 1. The number of carbonyl (C=O) groups excluding carboxylic acids is 1. The molecule has 0 aliphatic rings. The summed E-state index contributed by atoms with van der Waals surface area (Å²) in [7, 11) is -1.97. The number of benzene rings is 3. The van der Waals surface area contributed by atoms with Crippen LogP contribution in [0.15, 0.2) is 77.7 Å². The molecule has 0 aliphatic carbocycles. The van der Waals surface area contributed by atoms with Crippen LogP contribution >= 0.6 is 11.3 Å². The minimum Gasteiger partial charge on any atom is -0.497 e. The van der Waals surface area contributed by atoms with Crippen molar-refractivity contribution in [2.75, 3.05) is 17.8 Å². The fourth-order valence-corrected chi connectivity index (χ4v) is 6.13. The van der Waals surface area contributed by atoms with Crippen LogP contribution < -0.4 is 9.64 Å². The zero-order valence-electron chi connectivity index (χ0n) is 19.8. The quantitative estimate of drug-likeness (QED) is 0.276. The van der Waals surface area contributed by atoms with Crippen LogP contribution in [-0.4, -0.2) is 32.2 Å². The number of carbonyl (C=O) groups is 1. The number of rotatable bonds is 10. The Bertz CT molecular complexity index is 1400. The van der Waals surface area contributed by atoms with Crippen LogP contribution in [0, 0.1) is 0 Å². The standard InChI is InChI=1S/C27H28N2O4S2/c1-3-20-11-16-24-25(18-20)34-27(28-24)29(19-21-8-5-4-6-9-21)26(30)10-7-17-35(31,32)23-14-12-22(33-2)13-15-23/h4-6,8-9,11-16,18H,3,7,10,17,19H2,1-2H3. The van der Waals surface area contributed by atoms with Gasteiger partial charge in [0.25, 0.3) is 0 Å². The molecule has 0 saturated heterocycles. The number of methoxy groups -OCH3 is 1. The monoisotopic (exact) mass is 508 g/mol. The Balaban J connectivity index is 1.51. The second-order valence-electron chi connectivity index (χ2n) is 8.22. The molecular weight excluding hydrogens is 480 g/mol. The zero-order valence-corrected chi connectivity index (χ0v) is 21.4. The molecule has 0 atom stereocenters. The molecule has 6 nitrogen and oxygen atoms in total. The second-order valence-corrected chi connectivity index (χ2v) is 11.3. The third-order valence-corrected chi connectivity index (χ3v) is 8.65. The van der Waals surface area contributed by atoms with Gasteiger partial charge in [-0.1, -0.05) is 54.7 Å². The minimum absolute atomic E-state index is 0.107. The molecule has 0 fully saturated rings. The first kappa shape index (κ1) is 24.9. The molecule has 1 amide bonds. The Hall–Kier alpha value is -3.23. The van der Waals surface area contributed by atoms with Gasteiger partial charge in [-0.25, -0.2) is 13.4 Å². The van der Waals surface area contributed by atoms with E-state index in [4.69, 9.17) is 9.72 Å². The number of anilines is 1. The number of sulfone groups is 1. The van der Waals surface area contributed by atoms with E-state index in [1.165, 1.54) is 36.1 Å². The molecule has 4 aromatic rings. The number of hydrogen-bond acceptors (Lipinski definition) is 6. The lowest BCUT2D eigenvalue weighted by atomic mass is 10.2. The number of amides is 1. The lowest BCUT2D eigenvalue weighted by Crippen LogP contribution is -2.30. The van der Waals surface area contributed by atoms with E-state index in [9.17, 15) is 13.2 Å². The third-order valence-electron chi connectivity index (χ3n) is 5.79. The van der Waals surface area contributed by atoms with Crippen LogP contribution in [0.1, 0.15) is 30.9 Å². The van der Waals surface area contributed by atoms with Crippen molar-refractivity contribution in [3.8, 4) is 5.75 Å². The first-order chi connectivity index (χ1) is 16.9. The minimum atomic E-state index is -3.50. The molecule has 0 spiro atoms. The summed E-state index contributed by atoms with van der Waals surface area (Å²) in [4.78, 5) is 20.0. The summed E-state index contributed by atoms with van der Waals surface area (Å²) in [6.07, 6.45) is 1.26. The number of nitrogens with zero attached hydrogens (tertiary/aromatic N) is 2. The molecule has 0 bridgehead atoms. The van der Waals surface area contributed by atoms with Crippen molar-refractivity contribution in [2.45, 2.75) is 37.6 Å². The fraction of sp³-hybridized carbons (Fsp3) is 0.259. The van der Waals surface area contributed by atoms with Crippen LogP contribution in [0.25, 0.3) is 10.2 Å². The molecule has 0 radical (unpaired) electrons. The van der Waals surface area contributed by atoms with Gasteiger partial charge in [0.2, 0.25) is 5.91 Å². The van der Waals surface area contributed by atoms with Gasteiger partial charge in [-0.3, -0.25) is 9.69 Å².